The molecule has 0 atom stereocenters. The molecule has 0 bridgehead atoms. The summed E-state index contributed by atoms with van der Waals surface area (Å²) < 4.78 is 27.0. The van der Waals surface area contributed by atoms with Crippen LogP contribution in [0, 0.1) is 0 Å². The van der Waals surface area contributed by atoms with Crippen LogP contribution >= 0.6 is 0 Å². The van der Waals surface area contributed by atoms with Crippen molar-refractivity contribution in [3.63, 3.8) is 0 Å². The summed E-state index contributed by atoms with van der Waals surface area (Å²) >= 11 is 0. The summed E-state index contributed by atoms with van der Waals surface area (Å²) in [5, 5.41) is 2.83. The first-order valence-corrected chi connectivity index (χ1v) is 9.06. The van der Waals surface area contributed by atoms with E-state index in [0.717, 1.165) is 19.6 Å². The van der Waals surface area contributed by atoms with E-state index in [0.29, 0.717) is 18.7 Å². The maximum Gasteiger partial charge on any atom is 0.256 e. The number of allylic oxidation sites excluding steroid dienone is 2. The van der Waals surface area contributed by atoms with Gasteiger partial charge in [-0.3, -0.25) is 4.79 Å². The van der Waals surface area contributed by atoms with Crippen LogP contribution in [-0.2, 0) is 14.8 Å². The third-order valence-electron chi connectivity index (χ3n) is 3.71. The van der Waals surface area contributed by atoms with Gasteiger partial charge in [-0.25, -0.2) is 8.42 Å². The number of hydrogen-bond acceptors (Lipinski definition) is 5. The Morgan fingerprint density at radius 1 is 1.41 bits per heavy atom. The molecule has 122 valence electrons. The lowest BCUT2D eigenvalue weighted by Gasteiger charge is -2.28. The molecule has 2 rings (SSSR count). The molecule has 2 aliphatic heterocycles. The van der Waals surface area contributed by atoms with E-state index in [1.54, 1.807) is 23.3 Å². The van der Waals surface area contributed by atoms with E-state index >= 15 is 0 Å². The second-order valence-electron chi connectivity index (χ2n) is 5.10. The number of carbonyl (C=O) groups excluding carboxylic acids is 1. The minimum Gasteiger partial charge on any atom is -0.351 e. The van der Waals surface area contributed by atoms with Crippen molar-refractivity contribution in [3.8, 4) is 0 Å². The topological polar surface area (TPSA) is 82.1 Å². The van der Waals surface area contributed by atoms with Crippen molar-refractivity contribution in [1.29, 1.82) is 0 Å². The van der Waals surface area contributed by atoms with Crippen LogP contribution in [0.5, 0.6) is 0 Å². The van der Waals surface area contributed by atoms with E-state index in [4.69, 9.17) is 0 Å². The first-order chi connectivity index (χ1) is 10.5. The highest BCUT2D eigenvalue weighted by Crippen LogP contribution is 2.17. The van der Waals surface area contributed by atoms with Gasteiger partial charge in [0.1, 0.15) is 0 Å². The van der Waals surface area contributed by atoms with Gasteiger partial charge in [-0.2, -0.15) is 0 Å². The van der Waals surface area contributed by atoms with Crippen LogP contribution in [0.15, 0.2) is 28.3 Å². The average Bonchev–Trinajstić information content (AvgIpc) is 2.50. The highest BCUT2D eigenvalue weighted by molar-refractivity contribution is 7.90. The van der Waals surface area contributed by atoms with E-state index in [2.05, 4.69) is 28.5 Å². The zero-order valence-corrected chi connectivity index (χ0v) is 13.8. The number of nitrogens with zero attached hydrogens (tertiary/aromatic N) is 3. The molecule has 8 heteroatoms. The zero-order chi connectivity index (χ0) is 16.2. The number of amidine groups is 1. The summed E-state index contributed by atoms with van der Waals surface area (Å²) in [7, 11) is -3.48. The number of carbonyl (C=O) groups is 1. The molecule has 0 spiro atoms. The summed E-state index contributed by atoms with van der Waals surface area (Å²) in [6.45, 7) is 7.59. The molecule has 22 heavy (non-hydrogen) atoms. The van der Waals surface area contributed by atoms with E-state index in [9.17, 15) is 13.2 Å². The Bertz CT molecular complexity index is 618. The molecule has 0 saturated carbocycles. The predicted octanol–water partition coefficient (Wildman–Crippen LogP) is -0.0580. The molecule has 1 amide bonds. The Morgan fingerprint density at radius 3 is 2.82 bits per heavy atom. The molecular formula is C14H22N4O3S. The lowest BCUT2D eigenvalue weighted by molar-refractivity contribution is -0.117. The van der Waals surface area contributed by atoms with Crippen LogP contribution in [0.1, 0.15) is 13.8 Å². The van der Waals surface area contributed by atoms with Crippen LogP contribution in [0.2, 0.25) is 0 Å². The van der Waals surface area contributed by atoms with Crippen LogP contribution < -0.4 is 5.32 Å². The summed E-state index contributed by atoms with van der Waals surface area (Å²) in [5.41, 5.74) is 0.297. The Balaban J connectivity index is 2.04. The summed E-state index contributed by atoms with van der Waals surface area (Å²) in [4.78, 5) is 16.2. The van der Waals surface area contributed by atoms with Gasteiger partial charge in [0.05, 0.1) is 11.3 Å². The van der Waals surface area contributed by atoms with Gasteiger partial charge in [0.2, 0.25) is 0 Å². The molecule has 1 N–H and O–H groups in total. The molecule has 0 aromatic rings. The van der Waals surface area contributed by atoms with E-state index in [1.165, 1.54) is 0 Å². The van der Waals surface area contributed by atoms with Gasteiger partial charge in [0.25, 0.3) is 15.9 Å². The molecular weight excluding hydrogens is 304 g/mol. The summed E-state index contributed by atoms with van der Waals surface area (Å²) in [6, 6.07) is 0. The predicted molar refractivity (Wildman–Crippen MR) is 85.9 cm³/mol. The summed E-state index contributed by atoms with van der Waals surface area (Å²) in [5.74, 6) is -0.107. The molecule has 0 unspecified atom stereocenters. The fourth-order valence-corrected chi connectivity index (χ4v) is 3.34. The van der Waals surface area contributed by atoms with Crippen molar-refractivity contribution in [2.24, 2.45) is 4.40 Å². The fourth-order valence-electron chi connectivity index (χ4n) is 2.36. The van der Waals surface area contributed by atoms with Crippen LogP contribution in [0.3, 0.4) is 0 Å². The van der Waals surface area contributed by atoms with Crippen molar-refractivity contribution in [2.75, 3.05) is 38.5 Å². The van der Waals surface area contributed by atoms with Gasteiger partial charge >= 0.3 is 0 Å². The molecule has 0 aromatic carbocycles. The average molecular weight is 326 g/mol. The van der Waals surface area contributed by atoms with Crippen LogP contribution in [0.4, 0.5) is 0 Å². The number of rotatable bonds is 6. The molecule has 0 saturated heterocycles. The van der Waals surface area contributed by atoms with Crippen molar-refractivity contribution < 1.29 is 13.2 Å². The maximum absolute atomic E-state index is 12.3. The highest BCUT2D eigenvalue weighted by Gasteiger charge is 2.29. The second kappa shape index (κ2) is 7.06. The second-order valence-corrected chi connectivity index (χ2v) is 6.85. The third kappa shape index (κ3) is 3.95. The fraction of sp³-hybridized carbons (Fsp3) is 0.571. The normalized spacial score (nSPS) is 19.5. The Kier molecular flexibility index (Phi) is 5.36. The zero-order valence-electron chi connectivity index (χ0n) is 12.9. The van der Waals surface area contributed by atoms with Gasteiger partial charge in [0.15, 0.2) is 5.84 Å². The first-order valence-electron chi connectivity index (χ1n) is 7.45. The highest BCUT2D eigenvalue weighted by atomic mass is 32.2. The number of fused-ring (bicyclic) bond motifs is 1. The largest absolute Gasteiger partial charge is 0.351 e. The van der Waals surface area contributed by atoms with Gasteiger partial charge in [0, 0.05) is 25.8 Å². The lowest BCUT2D eigenvalue weighted by Crippen LogP contribution is -2.43. The number of sulfonamides is 1. The molecule has 0 fully saturated rings. The molecule has 2 heterocycles. The monoisotopic (exact) mass is 326 g/mol. The Labute approximate surface area is 131 Å². The molecule has 2 aliphatic rings. The molecule has 0 aromatic heterocycles. The van der Waals surface area contributed by atoms with E-state index in [-0.39, 0.29) is 17.5 Å². The SMILES string of the molecule is CCN(CC)CCNC(=O)C1=CC=CN2CCS(=O)(=O)N=C12. The molecule has 7 nitrogen and oxygen atoms in total. The summed E-state index contributed by atoms with van der Waals surface area (Å²) in [6.07, 6.45) is 5.07. The van der Waals surface area contributed by atoms with Gasteiger partial charge in [-0.1, -0.05) is 13.8 Å². The van der Waals surface area contributed by atoms with Gasteiger partial charge in [-0.05, 0) is 25.2 Å². The minimum atomic E-state index is -3.48. The van der Waals surface area contributed by atoms with Crippen LogP contribution in [-0.4, -0.2) is 68.4 Å². The van der Waals surface area contributed by atoms with Gasteiger partial charge < -0.3 is 15.1 Å². The molecule has 0 radical (unpaired) electrons. The van der Waals surface area contributed by atoms with E-state index < -0.39 is 10.0 Å². The van der Waals surface area contributed by atoms with Gasteiger partial charge in [-0.15, -0.1) is 4.40 Å². The molecule has 0 aliphatic carbocycles. The van der Waals surface area contributed by atoms with Crippen molar-refractivity contribution >= 4 is 21.8 Å². The lowest BCUT2D eigenvalue weighted by atomic mass is 10.1. The number of likely N-dealkylation sites (N-methyl/N-ethyl adjacent to an activating group) is 1. The number of nitrogens with one attached hydrogen (secondary N) is 1. The quantitative estimate of drug-likeness (QED) is 0.739. The Hall–Kier alpha value is -1.67. The maximum atomic E-state index is 12.3. The smallest absolute Gasteiger partial charge is 0.256 e. The Morgan fingerprint density at radius 2 is 2.14 bits per heavy atom. The van der Waals surface area contributed by atoms with Crippen molar-refractivity contribution in [2.45, 2.75) is 13.8 Å². The minimum absolute atomic E-state index is 0.0301. The number of amides is 1. The van der Waals surface area contributed by atoms with Crippen molar-refractivity contribution in [3.05, 3.63) is 23.9 Å². The van der Waals surface area contributed by atoms with E-state index in [1.807, 2.05) is 0 Å². The standard InChI is InChI=1S/C14H22N4O3S/c1-3-17(4-2)9-7-15-14(19)12-6-5-8-18-10-11-22(20,21)16-13(12)18/h5-6,8H,3-4,7,9-11H2,1-2H3,(H,15,19). The van der Waals surface area contributed by atoms with Crippen LogP contribution in [0.25, 0.3) is 0 Å². The first kappa shape index (κ1) is 16.7. The third-order valence-corrected chi connectivity index (χ3v) is 4.86. The van der Waals surface area contributed by atoms with Crippen molar-refractivity contribution in [1.82, 2.24) is 15.1 Å². The number of hydrogen-bond donors (Lipinski definition) is 1.